The first-order chi connectivity index (χ1) is 11.7. The minimum absolute atomic E-state index is 0.0465. The summed E-state index contributed by atoms with van der Waals surface area (Å²) in [6, 6.07) is 3.78. The number of amides is 1. The van der Waals surface area contributed by atoms with Gasteiger partial charge in [-0.25, -0.2) is 0 Å². The van der Waals surface area contributed by atoms with Crippen LogP contribution in [0.3, 0.4) is 0 Å². The Hall–Kier alpha value is -1.46. The number of hydrogen-bond donors (Lipinski definition) is 1. The number of ether oxygens (including phenoxy) is 1. The van der Waals surface area contributed by atoms with Gasteiger partial charge in [-0.3, -0.25) is 9.78 Å². The first-order valence-electron chi connectivity index (χ1n) is 9.23. The molecule has 130 valence electrons. The van der Waals surface area contributed by atoms with Gasteiger partial charge in [0.1, 0.15) is 0 Å². The van der Waals surface area contributed by atoms with Crippen LogP contribution >= 0.6 is 0 Å². The largest absolute Gasteiger partial charge is 0.380 e. The third-order valence-electron chi connectivity index (χ3n) is 6.06. The van der Waals surface area contributed by atoms with Crippen molar-refractivity contribution in [3.05, 3.63) is 24.0 Å². The fourth-order valence-electron chi connectivity index (χ4n) is 4.39. The number of nitrogens with zero attached hydrogens (tertiary/aromatic N) is 2. The van der Waals surface area contributed by atoms with Crippen molar-refractivity contribution >= 4 is 11.6 Å². The molecule has 2 aliphatic heterocycles. The van der Waals surface area contributed by atoms with Gasteiger partial charge in [-0.15, -0.1) is 0 Å². The highest BCUT2D eigenvalue weighted by Crippen LogP contribution is 2.37. The maximum atomic E-state index is 12.8. The first-order valence-corrected chi connectivity index (χ1v) is 9.23. The zero-order chi connectivity index (χ0) is 16.5. The van der Waals surface area contributed by atoms with Crippen molar-refractivity contribution in [3.8, 4) is 0 Å². The average molecular weight is 329 g/mol. The smallest absolute Gasteiger partial charge is 0.230 e. The second-order valence-corrected chi connectivity index (χ2v) is 7.71. The van der Waals surface area contributed by atoms with Gasteiger partial charge in [0.25, 0.3) is 0 Å². The van der Waals surface area contributed by atoms with Crippen LogP contribution in [0.15, 0.2) is 18.3 Å². The molecule has 3 fully saturated rings. The quantitative estimate of drug-likeness (QED) is 0.921. The molecule has 3 heterocycles. The molecule has 1 saturated carbocycles. The van der Waals surface area contributed by atoms with E-state index in [1.807, 2.05) is 19.1 Å². The number of likely N-dealkylation sites (tertiary alicyclic amines) is 1. The fraction of sp³-hybridized carbons (Fsp3) is 0.684. The molecule has 1 amide bonds. The van der Waals surface area contributed by atoms with E-state index in [-0.39, 0.29) is 11.8 Å². The van der Waals surface area contributed by atoms with Crippen LogP contribution in [0, 0.1) is 30.6 Å². The molecule has 5 heteroatoms. The van der Waals surface area contributed by atoms with Crippen molar-refractivity contribution in [2.45, 2.75) is 26.2 Å². The Morgan fingerprint density at radius 1 is 1.38 bits per heavy atom. The molecule has 2 saturated heterocycles. The first kappa shape index (κ1) is 16.0. The molecule has 1 aliphatic carbocycles. The van der Waals surface area contributed by atoms with Crippen LogP contribution in [0.2, 0.25) is 0 Å². The molecule has 1 aromatic rings. The lowest BCUT2D eigenvalue weighted by molar-refractivity contribution is -0.128. The lowest BCUT2D eigenvalue weighted by atomic mass is 9.82. The minimum Gasteiger partial charge on any atom is -0.380 e. The fourth-order valence-corrected chi connectivity index (χ4v) is 4.39. The molecule has 3 aliphatic rings. The van der Waals surface area contributed by atoms with E-state index >= 15 is 0 Å². The Balaban J connectivity index is 1.41. The number of anilines is 1. The topological polar surface area (TPSA) is 54.5 Å². The highest BCUT2D eigenvalue weighted by Gasteiger charge is 2.44. The maximum absolute atomic E-state index is 12.8. The average Bonchev–Trinajstić information content (AvgIpc) is 2.95. The third-order valence-corrected chi connectivity index (χ3v) is 6.06. The minimum atomic E-state index is -0.0465. The van der Waals surface area contributed by atoms with Crippen LogP contribution in [0.1, 0.15) is 25.0 Å². The van der Waals surface area contributed by atoms with Gasteiger partial charge in [0.15, 0.2) is 0 Å². The van der Waals surface area contributed by atoms with Gasteiger partial charge in [-0.1, -0.05) is 6.42 Å². The van der Waals surface area contributed by atoms with Crippen LogP contribution in [-0.4, -0.2) is 48.6 Å². The number of aryl methyl sites for hydroxylation is 1. The van der Waals surface area contributed by atoms with E-state index in [0.29, 0.717) is 18.4 Å². The summed E-state index contributed by atoms with van der Waals surface area (Å²) >= 11 is 0. The zero-order valence-corrected chi connectivity index (χ0v) is 14.4. The normalized spacial score (nSPS) is 30.6. The predicted octanol–water partition coefficient (Wildman–Crippen LogP) is 2.32. The SMILES string of the molecule is Cc1ncccc1NC(=O)[C@@H]1COC[C@@H]2CN(CC3CCC3)C[C@@H]21. The van der Waals surface area contributed by atoms with Crippen LogP contribution in [-0.2, 0) is 9.53 Å². The van der Waals surface area contributed by atoms with Gasteiger partial charge in [0.2, 0.25) is 5.91 Å². The Labute approximate surface area is 143 Å². The molecule has 1 N–H and O–H groups in total. The maximum Gasteiger partial charge on any atom is 0.230 e. The van der Waals surface area contributed by atoms with Crippen molar-refractivity contribution in [1.82, 2.24) is 9.88 Å². The Morgan fingerprint density at radius 2 is 2.25 bits per heavy atom. The predicted molar refractivity (Wildman–Crippen MR) is 92.7 cm³/mol. The summed E-state index contributed by atoms with van der Waals surface area (Å²) in [7, 11) is 0. The summed E-state index contributed by atoms with van der Waals surface area (Å²) in [5.41, 5.74) is 1.67. The second kappa shape index (κ2) is 6.81. The van der Waals surface area contributed by atoms with Crippen LogP contribution in [0.5, 0.6) is 0 Å². The molecule has 0 aromatic carbocycles. The molecule has 0 radical (unpaired) electrons. The lowest BCUT2D eigenvalue weighted by Crippen LogP contribution is -2.42. The number of fused-ring (bicyclic) bond motifs is 1. The summed E-state index contributed by atoms with van der Waals surface area (Å²) in [5, 5.41) is 3.07. The van der Waals surface area contributed by atoms with Crippen LogP contribution in [0.25, 0.3) is 0 Å². The number of carbonyl (C=O) groups is 1. The molecule has 0 bridgehead atoms. The second-order valence-electron chi connectivity index (χ2n) is 7.71. The monoisotopic (exact) mass is 329 g/mol. The number of nitrogens with one attached hydrogen (secondary N) is 1. The van der Waals surface area contributed by atoms with E-state index in [0.717, 1.165) is 37.0 Å². The van der Waals surface area contributed by atoms with Gasteiger partial charge in [-0.05, 0) is 49.7 Å². The van der Waals surface area contributed by atoms with E-state index < -0.39 is 0 Å². The van der Waals surface area contributed by atoms with E-state index in [9.17, 15) is 4.79 Å². The molecular weight excluding hydrogens is 302 g/mol. The number of carbonyl (C=O) groups excluding carboxylic acids is 1. The Morgan fingerprint density at radius 3 is 3.00 bits per heavy atom. The number of aromatic nitrogens is 1. The van der Waals surface area contributed by atoms with Crippen molar-refractivity contribution in [2.24, 2.45) is 23.7 Å². The summed E-state index contributed by atoms with van der Waals surface area (Å²) < 4.78 is 5.78. The van der Waals surface area contributed by atoms with Crippen LogP contribution in [0.4, 0.5) is 5.69 Å². The molecule has 0 unspecified atom stereocenters. The van der Waals surface area contributed by atoms with E-state index in [1.165, 1.54) is 25.8 Å². The summed E-state index contributed by atoms with van der Waals surface area (Å²) in [6.45, 7) is 6.63. The van der Waals surface area contributed by atoms with Crippen molar-refractivity contribution < 1.29 is 9.53 Å². The number of rotatable bonds is 4. The molecular formula is C19H27N3O2. The standard InChI is InChI=1S/C19H27N3O2/c1-13-18(6-3-7-20-13)21-19(23)17-12-24-11-15-9-22(10-16(15)17)8-14-4-2-5-14/h3,6-7,14-17H,2,4-5,8-12H2,1H3,(H,21,23)/t15-,16-,17+/m0/s1. The van der Waals surface area contributed by atoms with Crippen molar-refractivity contribution in [1.29, 1.82) is 0 Å². The molecule has 0 spiro atoms. The molecule has 1 aromatic heterocycles. The molecule has 3 atom stereocenters. The summed E-state index contributed by atoms with van der Waals surface area (Å²) in [6.07, 6.45) is 5.91. The van der Waals surface area contributed by atoms with E-state index in [4.69, 9.17) is 4.74 Å². The zero-order valence-electron chi connectivity index (χ0n) is 14.4. The highest BCUT2D eigenvalue weighted by atomic mass is 16.5. The lowest BCUT2D eigenvalue weighted by Gasteiger charge is -2.32. The summed E-state index contributed by atoms with van der Waals surface area (Å²) in [5.74, 6) is 1.86. The van der Waals surface area contributed by atoms with Crippen molar-refractivity contribution in [3.63, 3.8) is 0 Å². The third kappa shape index (κ3) is 3.20. The van der Waals surface area contributed by atoms with Gasteiger partial charge in [-0.2, -0.15) is 0 Å². The van der Waals surface area contributed by atoms with Gasteiger partial charge < -0.3 is 15.0 Å². The Bertz CT molecular complexity index is 602. The van der Waals surface area contributed by atoms with Crippen molar-refractivity contribution in [2.75, 3.05) is 38.2 Å². The number of hydrogen-bond acceptors (Lipinski definition) is 4. The molecule has 5 nitrogen and oxygen atoms in total. The molecule has 24 heavy (non-hydrogen) atoms. The summed E-state index contributed by atoms with van der Waals surface area (Å²) in [4.78, 5) is 19.6. The van der Waals surface area contributed by atoms with Gasteiger partial charge in [0.05, 0.1) is 30.5 Å². The van der Waals surface area contributed by atoms with E-state index in [1.54, 1.807) is 6.20 Å². The molecule has 4 rings (SSSR count). The van der Waals surface area contributed by atoms with Gasteiger partial charge >= 0.3 is 0 Å². The van der Waals surface area contributed by atoms with E-state index in [2.05, 4.69) is 15.2 Å². The number of pyridine rings is 1. The highest BCUT2D eigenvalue weighted by molar-refractivity contribution is 5.93. The van der Waals surface area contributed by atoms with Crippen LogP contribution < -0.4 is 5.32 Å². The van der Waals surface area contributed by atoms with Gasteiger partial charge in [0, 0.05) is 25.8 Å². The Kier molecular flexibility index (Phi) is 4.55.